The van der Waals surface area contributed by atoms with Gasteiger partial charge in [0.15, 0.2) is 0 Å². The van der Waals surface area contributed by atoms with Crippen LogP contribution in [-0.2, 0) is 0 Å². The van der Waals surface area contributed by atoms with Gasteiger partial charge in [-0.05, 0) is 37.5 Å². The van der Waals surface area contributed by atoms with Crippen molar-refractivity contribution in [3.63, 3.8) is 0 Å². The van der Waals surface area contributed by atoms with Gasteiger partial charge >= 0.3 is 0 Å². The normalized spacial score (nSPS) is 14.8. The monoisotopic (exact) mass is 264 g/mol. The molecule has 0 bridgehead atoms. The molecule has 5 heteroatoms. The van der Waals surface area contributed by atoms with Gasteiger partial charge in [0, 0.05) is 19.1 Å². The molecule has 0 heterocycles. The summed E-state index contributed by atoms with van der Waals surface area (Å²) < 4.78 is 5.09. The third-order valence-electron chi connectivity index (χ3n) is 3.58. The minimum Gasteiger partial charge on any atom is -0.507 e. The molecule has 5 nitrogen and oxygen atoms in total. The fourth-order valence-corrected chi connectivity index (χ4v) is 2.26. The molecule has 1 aromatic rings. The average molecular weight is 264 g/mol. The van der Waals surface area contributed by atoms with Gasteiger partial charge in [0.05, 0.1) is 12.7 Å². The minimum atomic E-state index is -0.174. The van der Waals surface area contributed by atoms with E-state index in [4.69, 9.17) is 10.5 Å². The highest BCUT2D eigenvalue weighted by Crippen LogP contribution is 2.29. The van der Waals surface area contributed by atoms with Crippen LogP contribution in [0.4, 0.5) is 0 Å². The summed E-state index contributed by atoms with van der Waals surface area (Å²) in [5.41, 5.74) is 5.85. The molecule has 1 amide bonds. The van der Waals surface area contributed by atoms with E-state index in [9.17, 15) is 9.90 Å². The number of carbonyl (C=O) groups excluding carboxylic acids is 1. The molecule has 0 atom stereocenters. The van der Waals surface area contributed by atoms with E-state index in [0.717, 1.165) is 19.3 Å². The number of benzene rings is 1. The van der Waals surface area contributed by atoms with Crippen molar-refractivity contribution in [2.45, 2.75) is 25.3 Å². The highest BCUT2D eigenvalue weighted by atomic mass is 16.5. The second-order valence-electron chi connectivity index (χ2n) is 4.76. The van der Waals surface area contributed by atoms with Crippen LogP contribution in [0.3, 0.4) is 0 Å². The van der Waals surface area contributed by atoms with Crippen LogP contribution in [0.15, 0.2) is 18.2 Å². The van der Waals surface area contributed by atoms with Crippen LogP contribution in [0.5, 0.6) is 11.5 Å². The number of methoxy groups -OCH3 is 1. The maximum absolute atomic E-state index is 12.5. The molecule has 1 saturated carbocycles. The molecule has 0 saturated heterocycles. The molecule has 1 aliphatic carbocycles. The number of hydrogen-bond acceptors (Lipinski definition) is 4. The number of nitrogens with two attached hydrogens (primary N) is 1. The van der Waals surface area contributed by atoms with Crippen molar-refractivity contribution in [3.05, 3.63) is 23.8 Å². The Morgan fingerprint density at radius 3 is 2.79 bits per heavy atom. The first-order valence-corrected chi connectivity index (χ1v) is 6.55. The van der Waals surface area contributed by atoms with Gasteiger partial charge in [0.1, 0.15) is 11.5 Å². The second-order valence-corrected chi connectivity index (χ2v) is 4.76. The van der Waals surface area contributed by atoms with E-state index < -0.39 is 0 Å². The Morgan fingerprint density at radius 2 is 2.26 bits per heavy atom. The Labute approximate surface area is 113 Å². The highest BCUT2D eigenvalue weighted by molar-refractivity contribution is 5.97. The van der Waals surface area contributed by atoms with E-state index in [1.165, 1.54) is 13.2 Å². The largest absolute Gasteiger partial charge is 0.507 e. The number of phenolic OH excluding ortho intramolecular Hbond substituents is 1. The second kappa shape index (κ2) is 5.93. The van der Waals surface area contributed by atoms with Crippen LogP contribution in [0.2, 0.25) is 0 Å². The maximum atomic E-state index is 12.5. The molecule has 0 aromatic heterocycles. The summed E-state index contributed by atoms with van der Waals surface area (Å²) in [7, 11) is 1.53. The lowest BCUT2D eigenvalue weighted by atomic mass is 9.91. The number of nitrogens with zero attached hydrogens (tertiary/aromatic N) is 1. The molecule has 1 aliphatic rings. The lowest BCUT2D eigenvalue weighted by Gasteiger charge is -2.37. The summed E-state index contributed by atoms with van der Waals surface area (Å²) in [6, 6.07) is 4.93. The van der Waals surface area contributed by atoms with E-state index in [2.05, 4.69) is 0 Å². The van der Waals surface area contributed by atoms with Crippen molar-refractivity contribution >= 4 is 5.91 Å². The van der Waals surface area contributed by atoms with Gasteiger partial charge in [-0.1, -0.05) is 0 Å². The quantitative estimate of drug-likeness (QED) is 0.842. The van der Waals surface area contributed by atoms with Crippen molar-refractivity contribution < 1.29 is 14.6 Å². The summed E-state index contributed by atoms with van der Waals surface area (Å²) in [4.78, 5) is 14.3. The van der Waals surface area contributed by atoms with E-state index in [-0.39, 0.29) is 23.3 Å². The number of ether oxygens (including phenoxy) is 1. The van der Waals surface area contributed by atoms with Crippen LogP contribution in [0, 0.1) is 0 Å². The molecule has 3 N–H and O–H groups in total. The van der Waals surface area contributed by atoms with Gasteiger partial charge in [0.25, 0.3) is 5.91 Å². The van der Waals surface area contributed by atoms with Crippen LogP contribution in [0.25, 0.3) is 0 Å². The van der Waals surface area contributed by atoms with Crippen molar-refractivity contribution in [2.24, 2.45) is 5.73 Å². The Balaban J connectivity index is 2.24. The van der Waals surface area contributed by atoms with Gasteiger partial charge in [-0.25, -0.2) is 0 Å². The molecule has 1 aromatic carbocycles. The molecule has 0 aliphatic heterocycles. The van der Waals surface area contributed by atoms with Gasteiger partial charge in [-0.3, -0.25) is 4.79 Å². The smallest absolute Gasteiger partial charge is 0.258 e. The maximum Gasteiger partial charge on any atom is 0.258 e. The van der Waals surface area contributed by atoms with Gasteiger partial charge < -0.3 is 20.5 Å². The number of phenols is 1. The summed E-state index contributed by atoms with van der Waals surface area (Å²) in [5, 5.41) is 9.86. The van der Waals surface area contributed by atoms with Crippen LogP contribution in [-0.4, -0.2) is 42.2 Å². The molecule has 104 valence electrons. The summed E-state index contributed by atoms with van der Waals surface area (Å²) in [6.07, 6.45) is 3.16. The van der Waals surface area contributed by atoms with E-state index in [0.29, 0.717) is 18.8 Å². The zero-order chi connectivity index (χ0) is 13.8. The standard InChI is InChI=1S/C14H20N2O3/c1-19-11-5-6-13(17)12(9-11)14(18)16(8-7-15)10-3-2-4-10/h5-6,9-10,17H,2-4,7-8,15H2,1H3. The molecule has 1 fully saturated rings. The average Bonchev–Trinajstić information content (AvgIpc) is 2.36. The zero-order valence-corrected chi connectivity index (χ0v) is 11.1. The number of amides is 1. The Bertz CT molecular complexity index is 458. The molecular formula is C14H20N2O3. The Morgan fingerprint density at radius 1 is 1.53 bits per heavy atom. The molecule has 0 radical (unpaired) electrons. The SMILES string of the molecule is COc1ccc(O)c(C(=O)N(CCN)C2CCC2)c1. The Kier molecular flexibility index (Phi) is 4.27. The van der Waals surface area contributed by atoms with Gasteiger partial charge in [0.2, 0.25) is 0 Å². The molecule has 19 heavy (non-hydrogen) atoms. The third-order valence-corrected chi connectivity index (χ3v) is 3.58. The van der Waals surface area contributed by atoms with Gasteiger partial charge in [-0.2, -0.15) is 0 Å². The first-order chi connectivity index (χ1) is 9.17. The minimum absolute atomic E-state index is 0.0212. The number of aromatic hydroxyl groups is 1. The van der Waals surface area contributed by atoms with Gasteiger partial charge in [-0.15, -0.1) is 0 Å². The number of hydrogen-bond donors (Lipinski definition) is 2. The van der Waals surface area contributed by atoms with E-state index in [1.54, 1.807) is 17.0 Å². The molecule has 2 rings (SSSR count). The number of rotatable bonds is 5. The van der Waals surface area contributed by atoms with Crippen LogP contribution in [0.1, 0.15) is 29.6 Å². The van der Waals surface area contributed by atoms with Crippen LogP contribution >= 0.6 is 0 Å². The van der Waals surface area contributed by atoms with Crippen molar-refractivity contribution in [1.29, 1.82) is 0 Å². The van der Waals surface area contributed by atoms with Crippen molar-refractivity contribution in [2.75, 3.05) is 20.2 Å². The molecular weight excluding hydrogens is 244 g/mol. The summed E-state index contributed by atoms with van der Waals surface area (Å²) >= 11 is 0. The first-order valence-electron chi connectivity index (χ1n) is 6.55. The zero-order valence-electron chi connectivity index (χ0n) is 11.1. The van der Waals surface area contributed by atoms with Crippen molar-refractivity contribution in [3.8, 4) is 11.5 Å². The third kappa shape index (κ3) is 2.81. The summed E-state index contributed by atoms with van der Waals surface area (Å²) in [6.45, 7) is 0.938. The number of carbonyl (C=O) groups is 1. The fourth-order valence-electron chi connectivity index (χ4n) is 2.26. The predicted molar refractivity (Wildman–Crippen MR) is 72.4 cm³/mol. The van der Waals surface area contributed by atoms with E-state index in [1.807, 2.05) is 0 Å². The lowest BCUT2D eigenvalue weighted by Crippen LogP contribution is -2.46. The van der Waals surface area contributed by atoms with Crippen LogP contribution < -0.4 is 10.5 Å². The highest BCUT2D eigenvalue weighted by Gasteiger charge is 2.30. The molecule has 0 unspecified atom stereocenters. The van der Waals surface area contributed by atoms with E-state index >= 15 is 0 Å². The lowest BCUT2D eigenvalue weighted by molar-refractivity contribution is 0.0585. The van der Waals surface area contributed by atoms with Crippen molar-refractivity contribution in [1.82, 2.24) is 4.90 Å². The summed E-state index contributed by atoms with van der Waals surface area (Å²) in [5.74, 6) is 0.362. The molecule has 0 spiro atoms. The Hall–Kier alpha value is -1.75. The first kappa shape index (κ1) is 13.7. The predicted octanol–water partition coefficient (Wildman–Crippen LogP) is 1.35. The fraction of sp³-hybridized carbons (Fsp3) is 0.500. The topological polar surface area (TPSA) is 75.8 Å².